The van der Waals surface area contributed by atoms with E-state index in [-0.39, 0.29) is 0 Å². The van der Waals surface area contributed by atoms with Crippen LogP contribution in [0.15, 0.2) is 29.0 Å². The molecule has 90 valence electrons. The molecule has 0 bridgehead atoms. The molecule has 3 heteroatoms. The van der Waals surface area contributed by atoms with Gasteiger partial charge in [0.1, 0.15) is 0 Å². The van der Waals surface area contributed by atoms with Crippen molar-refractivity contribution in [1.82, 2.24) is 0 Å². The van der Waals surface area contributed by atoms with E-state index in [1.54, 1.807) is 11.3 Å². The zero-order chi connectivity index (χ0) is 12.3. The van der Waals surface area contributed by atoms with Crippen molar-refractivity contribution in [2.24, 2.45) is 0 Å². The van der Waals surface area contributed by atoms with Gasteiger partial charge in [0.2, 0.25) is 0 Å². The average molecular weight is 246 g/mol. The molecule has 0 aliphatic heterocycles. The van der Waals surface area contributed by atoms with E-state index in [4.69, 9.17) is 5.73 Å². The zero-order valence-corrected chi connectivity index (χ0v) is 11.1. The highest BCUT2D eigenvalue weighted by Gasteiger charge is 2.02. The molecule has 2 nitrogen and oxygen atoms in total. The van der Waals surface area contributed by atoms with Crippen LogP contribution in [0, 0.1) is 13.8 Å². The minimum atomic E-state index is 0.832. The first kappa shape index (κ1) is 12.0. The number of benzene rings is 1. The molecule has 3 N–H and O–H groups in total. The summed E-state index contributed by atoms with van der Waals surface area (Å²) in [5.41, 5.74) is 11.8. The highest BCUT2D eigenvalue weighted by atomic mass is 32.1. The van der Waals surface area contributed by atoms with Crippen molar-refractivity contribution < 1.29 is 0 Å². The average Bonchev–Trinajstić information content (AvgIpc) is 2.78. The molecule has 0 spiro atoms. The van der Waals surface area contributed by atoms with Gasteiger partial charge in [0, 0.05) is 6.54 Å². The number of nitrogens with two attached hydrogens (primary N) is 1. The van der Waals surface area contributed by atoms with Crippen LogP contribution in [-0.4, -0.2) is 6.54 Å². The van der Waals surface area contributed by atoms with E-state index in [0.717, 1.165) is 24.3 Å². The van der Waals surface area contributed by atoms with Gasteiger partial charge in [-0.25, -0.2) is 0 Å². The minimum absolute atomic E-state index is 0.832. The summed E-state index contributed by atoms with van der Waals surface area (Å²) in [6, 6.07) is 6.32. The molecule has 0 fully saturated rings. The lowest BCUT2D eigenvalue weighted by Gasteiger charge is -2.11. The predicted molar refractivity (Wildman–Crippen MR) is 76.8 cm³/mol. The number of aryl methyl sites for hydroxylation is 2. The summed E-state index contributed by atoms with van der Waals surface area (Å²) in [5.74, 6) is 0. The molecule has 0 saturated carbocycles. The summed E-state index contributed by atoms with van der Waals surface area (Å²) in [6.45, 7) is 5.11. The molecule has 0 aliphatic rings. The second kappa shape index (κ2) is 5.23. The van der Waals surface area contributed by atoms with Gasteiger partial charge in [-0.15, -0.1) is 0 Å². The number of thiophene rings is 1. The molecule has 1 aromatic heterocycles. The number of rotatable bonds is 4. The third-order valence-corrected chi connectivity index (χ3v) is 3.71. The molecule has 0 saturated heterocycles. The number of nitrogens with one attached hydrogen (secondary N) is 1. The summed E-state index contributed by atoms with van der Waals surface area (Å²) < 4.78 is 0. The van der Waals surface area contributed by atoms with E-state index < -0.39 is 0 Å². The Bertz CT molecular complexity index is 489. The predicted octanol–water partition coefficient (Wildman–Crippen LogP) is 3.60. The molecule has 17 heavy (non-hydrogen) atoms. The van der Waals surface area contributed by atoms with Gasteiger partial charge in [0.05, 0.1) is 11.4 Å². The highest BCUT2D eigenvalue weighted by Crippen LogP contribution is 2.22. The Morgan fingerprint density at radius 1 is 1.24 bits per heavy atom. The van der Waals surface area contributed by atoms with Crippen molar-refractivity contribution in [3.63, 3.8) is 0 Å². The van der Waals surface area contributed by atoms with E-state index in [0.29, 0.717) is 0 Å². The van der Waals surface area contributed by atoms with Crippen LogP contribution in [0.4, 0.5) is 11.4 Å². The lowest BCUT2D eigenvalue weighted by molar-refractivity contribution is 1.03. The van der Waals surface area contributed by atoms with E-state index in [1.165, 1.54) is 16.7 Å². The zero-order valence-electron chi connectivity index (χ0n) is 10.3. The Hall–Kier alpha value is -1.48. The van der Waals surface area contributed by atoms with E-state index >= 15 is 0 Å². The largest absolute Gasteiger partial charge is 0.397 e. The van der Waals surface area contributed by atoms with Gasteiger partial charge < -0.3 is 11.1 Å². The van der Waals surface area contributed by atoms with Crippen molar-refractivity contribution in [2.75, 3.05) is 17.6 Å². The van der Waals surface area contributed by atoms with Gasteiger partial charge in [0.25, 0.3) is 0 Å². The summed E-state index contributed by atoms with van der Waals surface area (Å²) in [7, 11) is 0. The summed E-state index contributed by atoms with van der Waals surface area (Å²) >= 11 is 1.74. The first-order valence-electron chi connectivity index (χ1n) is 5.78. The van der Waals surface area contributed by atoms with Crippen LogP contribution >= 0.6 is 11.3 Å². The molecule has 1 aromatic carbocycles. The van der Waals surface area contributed by atoms with Gasteiger partial charge in [-0.3, -0.25) is 0 Å². The molecule has 0 unspecified atom stereocenters. The van der Waals surface area contributed by atoms with Crippen molar-refractivity contribution in [3.8, 4) is 0 Å². The fraction of sp³-hybridized carbons (Fsp3) is 0.286. The van der Waals surface area contributed by atoms with Crippen molar-refractivity contribution >= 4 is 22.7 Å². The molecule has 2 rings (SSSR count). The monoisotopic (exact) mass is 246 g/mol. The van der Waals surface area contributed by atoms with Crippen LogP contribution in [0.3, 0.4) is 0 Å². The highest BCUT2D eigenvalue weighted by molar-refractivity contribution is 7.07. The normalized spacial score (nSPS) is 10.5. The molecule has 1 heterocycles. The smallest absolute Gasteiger partial charge is 0.0576 e. The Balaban J connectivity index is 1.97. The SMILES string of the molecule is Cc1cc(N)c(NCCc2ccsc2)cc1C. The van der Waals surface area contributed by atoms with Gasteiger partial charge in [0.15, 0.2) is 0 Å². The summed E-state index contributed by atoms with van der Waals surface area (Å²) in [5, 5.41) is 7.70. The first-order chi connectivity index (χ1) is 8.16. The maximum Gasteiger partial charge on any atom is 0.0576 e. The third kappa shape index (κ3) is 3.01. The number of nitrogen functional groups attached to an aromatic ring is 1. The fourth-order valence-electron chi connectivity index (χ4n) is 1.77. The van der Waals surface area contributed by atoms with Crippen molar-refractivity contribution in [3.05, 3.63) is 45.6 Å². The second-order valence-electron chi connectivity index (χ2n) is 4.33. The van der Waals surface area contributed by atoms with Crippen molar-refractivity contribution in [1.29, 1.82) is 0 Å². The van der Waals surface area contributed by atoms with Gasteiger partial charge in [-0.2, -0.15) is 11.3 Å². The summed E-state index contributed by atoms with van der Waals surface area (Å²) in [4.78, 5) is 0. The Morgan fingerprint density at radius 2 is 2.00 bits per heavy atom. The third-order valence-electron chi connectivity index (χ3n) is 2.98. The molecule has 0 amide bonds. The Labute approximate surface area is 106 Å². The van der Waals surface area contributed by atoms with E-state index in [1.807, 2.05) is 6.07 Å². The minimum Gasteiger partial charge on any atom is -0.397 e. The van der Waals surface area contributed by atoms with Gasteiger partial charge in [-0.1, -0.05) is 0 Å². The standard InChI is InChI=1S/C14H18N2S/c1-10-7-13(15)14(8-11(10)2)16-5-3-12-4-6-17-9-12/h4,6-9,16H,3,5,15H2,1-2H3. The van der Waals surface area contributed by atoms with E-state index in [9.17, 15) is 0 Å². The maximum atomic E-state index is 5.99. The van der Waals surface area contributed by atoms with Crippen LogP contribution in [-0.2, 0) is 6.42 Å². The topological polar surface area (TPSA) is 38.0 Å². The van der Waals surface area contributed by atoms with Crippen LogP contribution in [0.1, 0.15) is 16.7 Å². The first-order valence-corrected chi connectivity index (χ1v) is 6.73. The fourth-order valence-corrected chi connectivity index (χ4v) is 2.47. The van der Waals surface area contributed by atoms with Crippen molar-refractivity contribution in [2.45, 2.75) is 20.3 Å². The summed E-state index contributed by atoms with van der Waals surface area (Å²) in [6.07, 6.45) is 1.04. The van der Waals surface area contributed by atoms with Crippen LogP contribution in [0.5, 0.6) is 0 Å². The molecular formula is C14H18N2S. The molecular weight excluding hydrogens is 228 g/mol. The lowest BCUT2D eigenvalue weighted by Crippen LogP contribution is -2.07. The maximum absolute atomic E-state index is 5.99. The quantitative estimate of drug-likeness (QED) is 0.809. The van der Waals surface area contributed by atoms with Gasteiger partial charge in [-0.05, 0) is 65.9 Å². The van der Waals surface area contributed by atoms with Gasteiger partial charge >= 0.3 is 0 Å². The van der Waals surface area contributed by atoms with E-state index in [2.05, 4.69) is 42.1 Å². The molecule has 0 aliphatic carbocycles. The number of hydrogen-bond donors (Lipinski definition) is 2. The Kier molecular flexibility index (Phi) is 3.69. The van der Waals surface area contributed by atoms with Crippen LogP contribution < -0.4 is 11.1 Å². The molecule has 2 aromatic rings. The van der Waals surface area contributed by atoms with Crippen LogP contribution in [0.25, 0.3) is 0 Å². The number of anilines is 2. The second-order valence-corrected chi connectivity index (χ2v) is 5.11. The van der Waals surface area contributed by atoms with Crippen LogP contribution in [0.2, 0.25) is 0 Å². The number of hydrogen-bond acceptors (Lipinski definition) is 3. The lowest BCUT2D eigenvalue weighted by atomic mass is 10.1. The molecule has 0 atom stereocenters. The molecule has 0 radical (unpaired) electrons. The Morgan fingerprint density at radius 3 is 2.71 bits per heavy atom.